The third kappa shape index (κ3) is 2.56. The summed E-state index contributed by atoms with van der Waals surface area (Å²) in [6.45, 7) is 4.11. The van der Waals surface area contributed by atoms with Gasteiger partial charge in [-0.1, -0.05) is 6.92 Å². The van der Waals surface area contributed by atoms with E-state index in [9.17, 15) is 0 Å². The smallest absolute Gasteiger partial charge is 0.137 e. The number of methoxy groups -OCH3 is 1. The summed E-state index contributed by atoms with van der Waals surface area (Å²) in [7, 11) is 3.69. The number of piperidine rings is 1. The summed E-state index contributed by atoms with van der Waals surface area (Å²) in [5, 5.41) is 3.14. The molecule has 18 heavy (non-hydrogen) atoms. The highest BCUT2D eigenvalue weighted by atomic mass is 16.5. The fourth-order valence-electron chi connectivity index (χ4n) is 2.54. The van der Waals surface area contributed by atoms with Crippen molar-refractivity contribution >= 4 is 11.6 Å². The Morgan fingerprint density at radius 2 is 2.33 bits per heavy atom. The molecule has 0 bridgehead atoms. The van der Waals surface area contributed by atoms with Gasteiger partial charge in [0.15, 0.2) is 0 Å². The van der Waals surface area contributed by atoms with Crippen LogP contribution in [0.4, 0.5) is 11.6 Å². The van der Waals surface area contributed by atoms with Crippen LogP contribution in [0, 0.1) is 0 Å². The van der Waals surface area contributed by atoms with E-state index in [-0.39, 0.29) is 0 Å². The quantitative estimate of drug-likeness (QED) is 0.881. The van der Waals surface area contributed by atoms with Crippen molar-refractivity contribution in [3.63, 3.8) is 0 Å². The molecule has 0 radical (unpaired) electrons. The van der Waals surface area contributed by atoms with Crippen molar-refractivity contribution in [2.75, 3.05) is 37.5 Å². The monoisotopic (exact) mass is 250 g/mol. The Kier molecular flexibility index (Phi) is 4.36. The van der Waals surface area contributed by atoms with Crippen molar-refractivity contribution in [1.29, 1.82) is 0 Å². The van der Waals surface area contributed by atoms with Crippen LogP contribution in [-0.4, -0.2) is 43.3 Å². The molecule has 1 saturated heterocycles. The predicted molar refractivity (Wildman–Crippen MR) is 73.2 cm³/mol. The molecule has 1 aromatic heterocycles. The van der Waals surface area contributed by atoms with Gasteiger partial charge in [-0.2, -0.15) is 0 Å². The first-order valence-corrected chi connectivity index (χ1v) is 6.59. The van der Waals surface area contributed by atoms with Crippen LogP contribution >= 0.6 is 0 Å². The molecule has 5 nitrogen and oxygen atoms in total. The van der Waals surface area contributed by atoms with Crippen molar-refractivity contribution in [2.45, 2.75) is 32.3 Å². The summed E-state index contributed by atoms with van der Waals surface area (Å²) in [4.78, 5) is 11.1. The molecule has 2 heterocycles. The van der Waals surface area contributed by atoms with Gasteiger partial charge in [0, 0.05) is 32.8 Å². The number of rotatable bonds is 4. The molecule has 1 aliphatic heterocycles. The first-order valence-electron chi connectivity index (χ1n) is 6.59. The Bertz CT molecular complexity index is 397. The van der Waals surface area contributed by atoms with Crippen LogP contribution in [-0.2, 0) is 11.2 Å². The summed E-state index contributed by atoms with van der Waals surface area (Å²) < 4.78 is 5.47. The number of nitrogens with one attached hydrogen (secondary N) is 1. The van der Waals surface area contributed by atoms with E-state index in [1.165, 1.54) is 5.56 Å². The van der Waals surface area contributed by atoms with E-state index in [1.54, 1.807) is 13.4 Å². The van der Waals surface area contributed by atoms with Gasteiger partial charge in [0.25, 0.3) is 0 Å². The second kappa shape index (κ2) is 6.00. The van der Waals surface area contributed by atoms with Crippen LogP contribution in [0.15, 0.2) is 6.33 Å². The lowest BCUT2D eigenvalue weighted by Gasteiger charge is -2.34. The van der Waals surface area contributed by atoms with E-state index >= 15 is 0 Å². The molecule has 1 aromatic rings. The normalized spacial score (nSPS) is 19.9. The molecule has 1 fully saturated rings. The van der Waals surface area contributed by atoms with E-state index in [0.29, 0.717) is 6.10 Å². The molecule has 1 atom stereocenters. The summed E-state index contributed by atoms with van der Waals surface area (Å²) in [5.74, 6) is 1.99. The van der Waals surface area contributed by atoms with E-state index in [0.717, 1.165) is 44.0 Å². The first-order chi connectivity index (χ1) is 8.80. The molecule has 0 spiro atoms. The molecule has 0 aromatic carbocycles. The standard InChI is InChI=1S/C13H22N4O/c1-4-11-12(14-2)15-9-16-13(11)17-7-5-6-10(8-17)18-3/h9-10H,4-8H2,1-3H3,(H,14,15,16). The molecular weight excluding hydrogens is 228 g/mol. The number of anilines is 2. The van der Waals surface area contributed by atoms with Crippen LogP contribution in [0.2, 0.25) is 0 Å². The molecular formula is C13H22N4O. The second-order valence-corrected chi connectivity index (χ2v) is 4.57. The van der Waals surface area contributed by atoms with Crippen molar-refractivity contribution in [3.8, 4) is 0 Å². The van der Waals surface area contributed by atoms with E-state index in [4.69, 9.17) is 4.74 Å². The maximum absolute atomic E-state index is 5.47. The Morgan fingerprint density at radius 1 is 1.50 bits per heavy atom. The highest BCUT2D eigenvalue weighted by Gasteiger charge is 2.23. The average molecular weight is 250 g/mol. The van der Waals surface area contributed by atoms with Crippen molar-refractivity contribution in [2.24, 2.45) is 0 Å². The fourth-order valence-corrected chi connectivity index (χ4v) is 2.54. The maximum atomic E-state index is 5.47. The van der Waals surface area contributed by atoms with E-state index in [1.807, 2.05) is 7.05 Å². The van der Waals surface area contributed by atoms with E-state index in [2.05, 4.69) is 27.1 Å². The Labute approximate surface area is 109 Å². The SMILES string of the molecule is CCc1c(NC)ncnc1N1CCCC(OC)C1. The number of ether oxygens (including phenoxy) is 1. The lowest BCUT2D eigenvalue weighted by atomic mass is 10.1. The zero-order valence-electron chi connectivity index (χ0n) is 11.4. The minimum absolute atomic E-state index is 0.316. The highest BCUT2D eigenvalue weighted by Crippen LogP contribution is 2.26. The van der Waals surface area contributed by atoms with Crippen LogP contribution in [0.25, 0.3) is 0 Å². The van der Waals surface area contributed by atoms with Gasteiger partial charge in [-0.05, 0) is 19.3 Å². The van der Waals surface area contributed by atoms with Crippen LogP contribution in [0.3, 0.4) is 0 Å². The van der Waals surface area contributed by atoms with Crippen molar-refractivity contribution < 1.29 is 4.74 Å². The van der Waals surface area contributed by atoms with Gasteiger partial charge >= 0.3 is 0 Å². The second-order valence-electron chi connectivity index (χ2n) is 4.57. The van der Waals surface area contributed by atoms with Gasteiger partial charge in [0.2, 0.25) is 0 Å². The van der Waals surface area contributed by atoms with E-state index < -0.39 is 0 Å². The van der Waals surface area contributed by atoms with Gasteiger partial charge in [0.05, 0.1) is 6.10 Å². The number of aromatic nitrogens is 2. The molecule has 1 N–H and O–H groups in total. The third-order valence-electron chi connectivity index (χ3n) is 3.52. The highest BCUT2D eigenvalue weighted by molar-refractivity contribution is 5.58. The Morgan fingerprint density at radius 3 is 3.00 bits per heavy atom. The molecule has 0 amide bonds. The zero-order chi connectivity index (χ0) is 13.0. The van der Waals surface area contributed by atoms with Gasteiger partial charge < -0.3 is 15.0 Å². The summed E-state index contributed by atoms with van der Waals surface area (Å²) in [6.07, 6.45) is 5.17. The minimum Gasteiger partial charge on any atom is -0.380 e. The van der Waals surface area contributed by atoms with Gasteiger partial charge in [-0.3, -0.25) is 0 Å². The molecule has 1 aliphatic rings. The molecule has 0 aliphatic carbocycles. The van der Waals surface area contributed by atoms with Gasteiger partial charge in [-0.15, -0.1) is 0 Å². The largest absolute Gasteiger partial charge is 0.380 e. The minimum atomic E-state index is 0.316. The Hall–Kier alpha value is -1.36. The summed E-state index contributed by atoms with van der Waals surface area (Å²) in [5.41, 5.74) is 1.19. The summed E-state index contributed by atoms with van der Waals surface area (Å²) in [6, 6.07) is 0. The van der Waals surface area contributed by atoms with Crippen molar-refractivity contribution in [3.05, 3.63) is 11.9 Å². The number of hydrogen-bond donors (Lipinski definition) is 1. The molecule has 2 rings (SSSR count). The molecule has 100 valence electrons. The number of nitrogens with zero attached hydrogens (tertiary/aromatic N) is 3. The lowest BCUT2D eigenvalue weighted by molar-refractivity contribution is 0.0891. The zero-order valence-corrected chi connectivity index (χ0v) is 11.4. The Balaban J connectivity index is 2.26. The van der Waals surface area contributed by atoms with Crippen LogP contribution in [0.5, 0.6) is 0 Å². The molecule has 0 saturated carbocycles. The topological polar surface area (TPSA) is 50.3 Å². The number of hydrogen-bond acceptors (Lipinski definition) is 5. The average Bonchev–Trinajstić information content (AvgIpc) is 2.46. The predicted octanol–water partition coefficient (Wildman–Crippen LogP) is 1.70. The van der Waals surface area contributed by atoms with Gasteiger partial charge in [0.1, 0.15) is 18.0 Å². The van der Waals surface area contributed by atoms with Crippen LogP contribution < -0.4 is 10.2 Å². The molecule has 5 heteroatoms. The lowest BCUT2D eigenvalue weighted by Crippen LogP contribution is -2.40. The van der Waals surface area contributed by atoms with Crippen LogP contribution in [0.1, 0.15) is 25.3 Å². The molecule has 1 unspecified atom stereocenters. The first kappa shape index (κ1) is 13.1. The maximum Gasteiger partial charge on any atom is 0.137 e. The van der Waals surface area contributed by atoms with Crippen molar-refractivity contribution in [1.82, 2.24) is 9.97 Å². The summed E-state index contributed by atoms with van der Waals surface area (Å²) >= 11 is 0. The third-order valence-corrected chi connectivity index (χ3v) is 3.52. The van der Waals surface area contributed by atoms with Gasteiger partial charge in [-0.25, -0.2) is 9.97 Å². The fraction of sp³-hybridized carbons (Fsp3) is 0.692.